The predicted molar refractivity (Wildman–Crippen MR) is 107 cm³/mol. The van der Waals surface area contributed by atoms with Crippen LogP contribution in [-0.4, -0.2) is 51.2 Å². The Morgan fingerprint density at radius 3 is 2.54 bits per heavy atom. The summed E-state index contributed by atoms with van der Waals surface area (Å²) in [6.07, 6.45) is 0. The van der Waals surface area contributed by atoms with Gasteiger partial charge in [0, 0.05) is 19.0 Å². The van der Waals surface area contributed by atoms with E-state index in [0.29, 0.717) is 24.9 Å². The molecule has 1 aliphatic rings. The molecular formula is C19H24N6O2S. The normalized spacial score (nSPS) is 14.8. The molecule has 0 spiro atoms. The van der Waals surface area contributed by atoms with Crippen LogP contribution in [0.15, 0.2) is 33.9 Å². The van der Waals surface area contributed by atoms with Gasteiger partial charge in [-0.3, -0.25) is 4.57 Å². The molecule has 0 N–H and O–H groups in total. The SMILES string of the molecule is Cc1ccc(-n2c(SCc3nc(C(C)C)no3)nnc2N2CCOCC2)cc1. The topological polar surface area (TPSA) is 82.1 Å². The van der Waals surface area contributed by atoms with Crippen molar-refractivity contribution >= 4 is 17.7 Å². The van der Waals surface area contributed by atoms with E-state index in [1.807, 2.05) is 13.8 Å². The Morgan fingerprint density at radius 2 is 1.86 bits per heavy atom. The van der Waals surface area contributed by atoms with Gasteiger partial charge in [-0.05, 0) is 19.1 Å². The minimum Gasteiger partial charge on any atom is -0.378 e. The van der Waals surface area contributed by atoms with Crippen molar-refractivity contribution in [2.45, 2.75) is 37.6 Å². The van der Waals surface area contributed by atoms with Crippen LogP contribution in [0.1, 0.15) is 37.0 Å². The number of morpholine rings is 1. The first-order valence-corrected chi connectivity index (χ1v) is 10.4. The second-order valence-corrected chi connectivity index (χ2v) is 7.99. The molecule has 148 valence electrons. The second-order valence-electron chi connectivity index (χ2n) is 7.04. The molecule has 8 nitrogen and oxygen atoms in total. The van der Waals surface area contributed by atoms with E-state index in [-0.39, 0.29) is 5.92 Å². The molecule has 1 aliphatic heterocycles. The van der Waals surface area contributed by atoms with Crippen LogP contribution in [0.25, 0.3) is 5.69 Å². The van der Waals surface area contributed by atoms with Gasteiger partial charge in [0.1, 0.15) is 0 Å². The van der Waals surface area contributed by atoms with Crippen molar-refractivity contribution in [2.75, 3.05) is 31.2 Å². The number of ether oxygens (including phenoxy) is 1. The first-order chi connectivity index (χ1) is 13.6. The van der Waals surface area contributed by atoms with Crippen molar-refractivity contribution in [3.05, 3.63) is 41.5 Å². The van der Waals surface area contributed by atoms with E-state index in [9.17, 15) is 0 Å². The molecule has 0 radical (unpaired) electrons. The van der Waals surface area contributed by atoms with Gasteiger partial charge in [0.15, 0.2) is 11.0 Å². The van der Waals surface area contributed by atoms with Crippen LogP contribution in [0.2, 0.25) is 0 Å². The molecule has 9 heteroatoms. The molecule has 1 fully saturated rings. The molecule has 1 saturated heterocycles. The van der Waals surface area contributed by atoms with Crippen LogP contribution < -0.4 is 4.90 Å². The van der Waals surface area contributed by atoms with E-state index in [4.69, 9.17) is 9.26 Å². The van der Waals surface area contributed by atoms with Crippen molar-refractivity contribution in [1.29, 1.82) is 0 Å². The Hall–Kier alpha value is -2.39. The first kappa shape index (κ1) is 18.9. The molecule has 3 heterocycles. The van der Waals surface area contributed by atoms with Crippen molar-refractivity contribution in [3.63, 3.8) is 0 Å². The average molecular weight is 401 g/mol. The highest BCUT2D eigenvalue weighted by Gasteiger charge is 2.22. The molecule has 0 saturated carbocycles. The summed E-state index contributed by atoms with van der Waals surface area (Å²) in [6, 6.07) is 8.38. The van der Waals surface area contributed by atoms with E-state index in [2.05, 4.69) is 61.0 Å². The molecule has 0 bridgehead atoms. The van der Waals surface area contributed by atoms with E-state index >= 15 is 0 Å². The van der Waals surface area contributed by atoms with Gasteiger partial charge in [0.25, 0.3) is 0 Å². The smallest absolute Gasteiger partial charge is 0.237 e. The standard InChI is InChI=1S/C19H24N6O2S/c1-13(2)17-20-16(27-23-17)12-28-19-22-21-18(24-8-10-26-11-9-24)25(19)15-6-4-14(3)5-7-15/h4-7,13H,8-12H2,1-3H3. The second kappa shape index (κ2) is 8.32. The number of aromatic nitrogens is 5. The van der Waals surface area contributed by atoms with Gasteiger partial charge < -0.3 is 14.2 Å². The number of anilines is 1. The van der Waals surface area contributed by atoms with Crippen molar-refractivity contribution in [1.82, 2.24) is 24.9 Å². The maximum Gasteiger partial charge on any atom is 0.237 e. The highest BCUT2D eigenvalue weighted by Crippen LogP contribution is 2.29. The predicted octanol–water partition coefficient (Wildman–Crippen LogP) is 3.21. The zero-order valence-corrected chi connectivity index (χ0v) is 17.1. The summed E-state index contributed by atoms with van der Waals surface area (Å²) in [6.45, 7) is 9.17. The monoisotopic (exact) mass is 400 g/mol. The van der Waals surface area contributed by atoms with Gasteiger partial charge in [-0.1, -0.05) is 48.5 Å². The Bertz CT molecular complexity index is 915. The summed E-state index contributed by atoms with van der Waals surface area (Å²) in [5.41, 5.74) is 2.25. The molecule has 4 rings (SSSR count). The molecule has 28 heavy (non-hydrogen) atoms. The lowest BCUT2D eigenvalue weighted by Gasteiger charge is -2.27. The fraction of sp³-hybridized carbons (Fsp3) is 0.474. The maximum absolute atomic E-state index is 5.48. The fourth-order valence-corrected chi connectivity index (χ4v) is 3.72. The van der Waals surface area contributed by atoms with E-state index in [1.165, 1.54) is 5.56 Å². The Balaban J connectivity index is 1.62. The lowest BCUT2D eigenvalue weighted by molar-refractivity contribution is 0.122. The molecule has 1 aromatic carbocycles. The Kier molecular flexibility index (Phi) is 5.63. The van der Waals surface area contributed by atoms with Crippen LogP contribution in [0, 0.1) is 6.92 Å². The maximum atomic E-state index is 5.48. The third kappa shape index (κ3) is 4.05. The van der Waals surface area contributed by atoms with E-state index in [0.717, 1.165) is 35.7 Å². The summed E-state index contributed by atoms with van der Waals surface area (Å²) in [5, 5.41) is 13.8. The summed E-state index contributed by atoms with van der Waals surface area (Å²) in [4.78, 5) is 6.66. The third-order valence-electron chi connectivity index (χ3n) is 4.53. The molecule has 2 aromatic heterocycles. The molecular weight excluding hydrogens is 376 g/mol. The minimum atomic E-state index is 0.242. The Labute approximate surface area is 168 Å². The van der Waals surface area contributed by atoms with Crippen molar-refractivity contribution < 1.29 is 9.26 Å². The molecule has 0 amide bonds. The molecule has 0 atom stereocenters. The van der Waals surface area contributed by atoms with Gasteiger partial charge in [0.2, 0.25) is 11.8 Å². The van der Waals surface area contributed by atoms with Crippen LogP contribution >= 0.6 is 11.8 Å². The third-order valence-corrected chi connectivity index (χ3v) is 5.44. The van der Waals surface area contributed by atoms with Gasteiger partial charge in [-0.15, -0.1) is 10.2 Å². The Morgan fingerprint density at radius 1 is 1.11 bits per heavy atom. The summed E-state index contributed by atoms with van der Waals surface area (Å²) in [7, 11) is 0. The van der Waals surface area contributed by atoms with E-state index < -0.39 is 0 Å². The summed E-state index contributed by atoms with van der Waals surface area (Å²) in [5.74, 6) is 2.95. The number of hydrogen-bond donors (Lipinski definition) is 0. The number of nitrogens with zero attached hydrogens (tertiary/aromatic N) is 6. The largest absolute Gasteiger partial charge is 0.378 e. The minimum absolute atomic E-state index is 0.242. The number of rotatable bonds is 6. The van der Waals surface area contributed by atoms with Gasteiger partial charge in [-0.25, -0.2) is 0 Å². The van der Waals surface area contributed by atoms with Crippen LogP contribution in [0.3, 0.4) is 0 Å². The van der Waals surface area contributed by atoms with Crippen LogP contribution in [0.4, 0.5) is 5.95 Å². The number of aryl methyl sites for hydroxylation is 1. The summed E-state index contributed by atoms with van der Waals surface area (Å²) >= 11 is 1.54. The molecule has 3 aromatic rings. The van der Waals surface area contributed by atoms with Gasteiger partial charge in [-0.2, -0.15) is 4.98 Å². The number of benzene rings is 1. The van der Waals surface area contributed by atoms with Crippen molar-refractivity contribution in [2.24, 2.45) is 0 Å². The van der Waals surface area contributed by atoms with E-state index in [1.54, 1.807) is 11.8 Å². The highest BCUT2D eigenvalue weighted by molar-refractivity contribution is 7.98. The number of hydrogen-bond acceptors (Lipinski definition) is 8. The molecule has 0 aliphatic carbocycles. The lowest BCUT2D eigenvalue weighted by atomic mass is 10.2. The van der Waals surface area contributed by atoms with Crippen LogP contribution in [-0.2, 0) is 10.5 Å². The van der Waals surface area contributed by atoms with Gasteiger partial charge in [0.05, 0.1) is 24.7 Å². The molecule has 0 unspecified atom stereocenters. The zero-order chi connectivity index (χ0) is 19.5. The lowest BCUT2D eigenvalue weighted by Crippen LogP contribution is -2.37. The highest BCUT2D eigenvalue weighted by atomic mass is 32.2. The van der Waals surface area contributed by atoms with Crippen molar-refractivity contribution in [3.8, 4) is 5.69 Å². The number of thioether (sulfide) groups is 1. The van der Waals surface area contributed by atoms with Gasteiger partial charge >= 0.3 is 0 Å². The zero-order valence-electron chi connectivity index (χ0n) is 16.3. The first-order valence-electron chi connectivity index (χ1n) is 9.42. The quantitative estimate of drug-likeness (QED) is 0.584. The average Bonchev–Trinajstić information content (AvgIpc) is 3.35. The fourth-order valence-electron chi connectivity index (χ4n) is 2.93. The van der Waals surface area contributed by atoms with Crippen LogP contribution in [0.5, 0.6) is 0 Å². The summed E-state index contributed by atoms with van der Waals surface area (Å²) < 4.78 is 12.9.